The van der Waals surface area contributed by atoms with Crippen molar-refractivity contribution in [2.75, 3.05) is 34.7 Å². The summed E-state index contributed by atoms with van der Waals surface area (Å²) in [7, 11) is 4.43. The molecule has 2 heterocycles. The summed E-state index contributed by atoms with van der Waals surface area (Å²) in [5.74, 6) is 2.27. The third-order valence-corrected chi connectivity index (χ3v) is 6.23. The number of ether oxygens (including phenoxy) is 6. The van der Waals surface area contributed by atoms with E-state index < -0.39 is 11.2 Å². The number of nitro groups is 1. The Bertz CT molecular complexity index is 1560. The van der Waals surface area contributed by atoms with Gasteiger partial charge in [-0.25, -0.2) is 0 Å². The minimum Gasteiger partial charge on any atom is -0.493 e. The first kappa shape index (κ1) is 24.9. The fraction of sp³-hybridized carbons (Fsp3) is 0.222. The molecule has 0 fully saturated rings. The van der Waals surface area contributed by atoms with Crippen molar-refractivity contribution in [2.45, 2.75) is 6.23 Å². The number of benzene rings is 3. The fourth-order valence-electron chi connectivity index (χ4n) is 4.37. The first-order chi connectivity index (χ1) is 18.4. The zero-order valence-electron chi connectivity index (χ0n) is 20.8. The fourth-order valence-corrected chi connectivity index (χ4v) is 4.37. The molecule has 0 unspecified atom stereocenters. The summed E-state index contributed by atoms with van der Waals surface area (Å²) < 4.78 is 35.1. The SMILES string of the molecule is COc1ccc2cc(-c3ccc4c(c3)OCO4)n([C@@H](COc3ccc([N+](=O)[O-])cc3)OC)c(=O)c2c1OC. The summed E-state index contributed by atoms with van der Waals surface area (Å²) in [4.78, 5) is 24.6. The summed E-state index contributed by atoms with van der Waals surface area (Å²) in [6, 6.07) is 16.4. The predicted octanol–water partition coefficient (Wildman–Crippen LogP) is 4.55. The van der Waals surface area contributed by atoms with Gasteiger partial charge in [0.15, 0.2) is 29.2 Å². The van der Waals surface area contributed by atoms with Crippen molar-refractivity contribution in [2.24, 2.45) is 0 Å². The van der Waals surface area contributed by atoms with Gasteiger partial charge < -0.3 is 28.4 Å². The van der Waals surface area contributed by atoms with Crippen LogP contribution in [0.15, 0.2) is 65.5 Å². The topological polar surface area (TPSA) is 121 Å². The van der Waals surface area contributed by atoms with Gasteiger partial charge in [-0.05, 0) is 47.9 Å². The normalized spacial score (nSPS) is 12.8. The van der Waals surface area contributed by atoms with E-state index in [0.717, 1.165) is 0 Å². The van der Waals surface area contributed by atoms with Crippen molar-refractivity contribution < 1.29 is 33.3 Å². The summed E-state index contributed by atoms with van der Waals surface area (Å²) in [6.07, 6.45) is -0.876. The maximum Gasteiger partial charge on any atom is 0.269 e. The number of nitro benzene ring substituents is 1. The Kier molecular flexibility index (Phi) is 6.75. The highest BCUT2D eigenvalue weighted by molar-refractivity contribution is 5.92. The molecule has 0 radical (unpaired) electrons. The minimum absolute atomic E-state index is 0.0578. The molecule has 196 valence electrons. The molecule has 4 aromatic rings. The molecule has 5 rings (SSSR count). The van der Waals surface area contributed by atoms with Gasteiger partial charge in [0.2, 0.25) is 6.79 Å². The molecule has 11 heteroatoms. The van der Waals surface area contributed by atoms with Crippen LogP contribution in [0, 0.1) is 10.1 Å². The molecule has 1 aliphatic rings. The molecule has 3 aromatic carbocycles. The average molecular weight is 520 g/mol. The number of pyridine rings is 1. The van der Waals surface area contributed by atoms with E-state index in [1.165, 1.54) is 50.2 Å². The van der Waals surface area contributed by atoms with Crippen molar-refractivity contribution in [3.63, 3.8) is 0 Å². The lowest BCUT2D eigenvalue weighted by molar-refractivity contribution is -0.384. The zero-order valence-corrected chi connectivity index (χ0v) is 20.8. The lowest BCUT2D eigenvalue weighted by Gasteiger charge is -2.24. The second kappa shape index (κ2) is 10.3. The first-order valence-electron chi connectivity index (χ1n) is 11.6. The van der Waals surface area contributed by atoms with E-state index in [-0.39, 0.29) is 24.6 Å². The molecule has 0 saturated carbocycles. The van der Waals surface area contributed by atoms with E-state index in [9.17, 15) is 14.9 Å². The van der Waals surface area contributed by atoms with Gasteiger partial charge in [0.1, 0.15) is 12.4 Å². The van der Waals surface area contributed by atoms with Crippen molar-refractivity contribution in [3.8, 4) is 40.0 Å². The molecule has 0 N–H and O–H groups in total. The smallest absolute Gasteiger partial charge is 0.269 e. The van der Waals surface area contributed by atoms with Crippen molar-refractivity contribution in [1.29, 1.82) is 0 Å². The summed E-state index contributed by atoms with van der Waals surface area (Å²) in [5.41, 5.74) is 0.801. The van der Waals surface area contributed by atoms with Crippen molar-refractivity contribution in [1.82, 2.24) is 4.57 Å². The van der Waals surface area contributed by atoms with E-state index in [1.807, 2.05) is 12.1 Å². The molecule has 38 heavy (non-hydrogen) atoms. The Balaban J connectivity index is 1.64. The number of rotatable bonds is 9. The number of hydrogen-bond donors (Lipinski definition) is 0. The van der Waals surface area contributed by atoms with Crippen LogP contribution in [-0.4, -0.2) is 44.2 Å². The quantitative estimate of drug-likeness (QED) is 0.231. The van der Waals surface area contributed by atoms with Gasteiger partial charge in [0.05, 0.1) is 30.2 Å². The maximum absolute atomic E-state index is 14.1. The molecule has 0 bridgehead atoms. The molecule has 1 atom stereocenters. The van der Waals surface area contributed by atoms with Crippen LogP contribution in [0.2, 0.25) is 0 Å². The Morgan fingerprint density at radius 2 is 1.74 bits per heavy atom. The van der Waals surface area contributed by atoms with E-state index >= 15 is 0 Å². The van der Waals surface area contributed by atoms with Crippen LogP contribution in [0.3, 0.4) is 0 Å². The Hall–Kier alpha value is -4.77. The van der Waals surface area contributed by atoms with Crippen LogP contribution in [0.4, 0.5) is 5.69 Å². The number of hydrogen-bond acceptors (Lipinski definition) is 9. The third kappa shape index (κ3) is 4.43. The standard InChI is InChI=1S/C27H24N2O9/c1-33-22-11-5-17-12-20(16-4-10-21-23(13-16)38-15-37-21)28(27(30)25(17)26(22)35-3)24(34-2)14-36-19-8-6-18(7-9-19)29(31)32/h4-13,24H,14-15H2,1-3H3/t24-/m1/s1. The van der Waals surface area contributed by atoms with Gasteiger partial charge in [-0.15, -0.1) is 0 Å². The number of nitrogens with zero attached hydrogens (tertiary/aromatic N) is 2. The van der Waals surface area contributed by atoms with Gasteiger partial charge in [-0.3, -0.25) is 19.5 Å². The highest BCUT2D eigenvalue weighted by atomic mass is 16.7. The molecular weight excluding hydrogens is 496 g/mol. The Morgan fingerprint density at radius 3 is 2.42 bits per heavy atom. The highest BCUT2D eigenvalue weighted by Crippen LogP contribution is 2.39. The number of fused-ring (bicyclic) bond motifs is 2. The summed E-state index contributed by atoms with van der Waals surface area (Å²) in [6.45, 7) is 0.0492. The van der Waals surface area contributed by atoms with E-state index in [2.05, 4.69) is 0 Å². The number of aromatic nitrogens is 1. The maximum atomic E-state index is 14.1. The lowest BCUT2D eigenvalue weighted by Crippen LogP contribution is -2.31. The molecule has 1 aromatic heterocycles. The summed E-state index contributed by atoms with van der Waals surface area (Å²) >= 11 is 0. The molecule has 0 amide bonds. The first-order valence-corrected chi connectivity index (χ1v) is 11.6. The monoisotopic (exact) mass is 520 g/mol. The van der Waals surface area contributed by atoms with Crippen LogP contribution >= 0.6 is 0 Å². The highest BCUT2D eigenvalue weighted by Gasteiger charge is 2.24. The summed E-state index contributed by atoms with van der Waals surface area (Å²) in [5, 5.41) is 11.9. The molecule has 0 saturated heterocycles. The lowest BCUT2D eigenvalue weighted by atomic mass is 10.0. The second-order valence-electron chi connectivity index (χ2n) is 8.29. The predicted molar refractivity (Wildman–Crippen MR) is 138 cm³/mol. The van der Waals surface area contributed by atoms with Gasteiger partial charge >= 0.3 is 0 Å². The van der Waals surface area contributed by atoms with Gasteiger partial charge in [-0.2, -0.15) is 0 Å². The third-order valence-electron chi connectivity index (χ3n) is 6.23. The van der Waals surface area contributed by atoms with Gasteiger partial charge in [0, 0.05) is 24.8 Å². The number of non-ortho nitro benzene ring substituents is 1. The van der Waals surface area contributed by atoms with Crippen LogP contribution < -0.4 is 29.2 Å². The molecular formula is C27H24N2O9. The molecule has 11 nitrogen and oxygen atoms in total. The second-order valence-corrected chi connectivity index (χ2v) is 8.29. The van der Waals surface area contributed by atoms with Crippen LogP contribution in [-0.2, 0) is 4.74 Å². The van der Waals surface area contributed by atoms with Crippen LogP contribution in [0.1, 0.15) is 6.23 Å². The number of methoxy groups -OCH3 is 3. The Labute approximate surface area is 216 Å². The molecule has 1 aliphatic heterocycles. The average Bonchev–Trinajstić information content (AvgIpc) is 3.41. The van der Waals surface area contributed by atoms with Crippen LogP contribution in [0.25, 0.3) is 22.0 Å². The Morgan fingerprint density at radius 1 is 0.974 bits per heavy atom. The van der Waals surface area contributed by atoms with E-state index in [1.54, 1.807) is 24.3 Å². The van der Waals surface area contributed by atoms with Gasteiger partial charge in [-0.1, -0.05) is 6.07 Å². The van der Waals surface area contributed by atoms with Crippen LogP contribution in [0.5, 0.6) is 28.7 Å². The zero-order chi connectivity index (χ0) is 26.8. The van der Waals surface area contributed by atoms with Crippen molar-refractivity contribution >= 4 is 16.5 Å². The van der Waals surface area contributed by atoms with Crippen molar-refractivity contribution in [3.05, 3.63) is 81.1 Å². The largest absolute Gasteiger partial charge is 0.493 e. The minimum atomic E-state index is -0.876. The van der Waals surface area contributed by atoms with E-state index in [4.69, 9.17) is 28.4 Å². The van der Waals surface area contributed by atoms with Gasteiger partial charge in [0.25, 0.3) is 11.2 Å². The molecule has 0 spiro atoms. The molecule has 0 aliphatic carbocycles. The van der Waals surface area contributed by atoms with E-state index in [0.29, 0.717) is 50.8 Å².